The van der Waals surface area contributed by atoms with Gasteiger partial charge in [0.15, 0.2) is 5.13 Å². The van der Waals surface area contributed by atoms with E-state index in [2.05, 4.69) is 10.3 Å². The molecule has 0 radical (unpaired) electrons. The predicted octanol–water partition coefficient (Wildman–Crippen LogP) is 0.798. The first-order chi connectivity index (χ1) is 8.08. The number of thiazole rings is 1. The normalized spacial score (nSPS) is 10.1. The Hall–Kier alpha value is -1.28. The molecule has 0 unspecified atom stereocenters. The molecule has 0 aliphatic rings. The molecule has 94 valence electrons. The van der Waals surface area contributed by atoms with Crippen LogP contribution in [0.4, 0.5) is 5.13 Å². The predicted molar refractivity (Wildman–Crippen MR) is 67.1 cm³/mol. The number of nitrogen functional groups attached to an aromatic ring is 1. The van der Waals surface area contributed by atoms with Crippen molar-refractivity contribution in [2.45, 2.75) is 17.1 Å². The van der Waals surface area contributed by atoms with Crippen molar-refractivity contribution in [1.29, 1.82) is 0 Å². The summed E-state index contributed by atoms with van der Waals surface area (Å²) in [4.78, 5) is 25.4. The minimum atomic E-state index is -0.853. The van der Waals surface area contributed by atoms with Gasteiger partial charge >= 0.3 is 5.97 Å². The Bertz CT molecular complexity index is 395. The Morgan fingerprint density at radius 1 is 1.59 bits per heavy atom. The lowest BCUT2D eigenvalue weighted by molar-refractivity contribution is -0.137. The monoisotopic (exact) mass is 275 g/mol. The van der Waals surface area contributed by atoms with Crippen molar-refractivity contribution in [3.05, 3.63) is 6.20 Å². The Kier molecular flexibility index (Phi) is 5.78. The summed E-state index contributed by atoms with van der Waals surface area (Å²) in [6.45, 7) is 0.385. The summed E-state index contributed by atoms with van der Waals surface area (Å²) in [5.41, 5.74) is 5.45. The van der Waals surface area contributed by atoms with Crippen LogP contribution in [0.2, 0.25) is 0 Å². The molecule has 0 aliphatic heterocycles. The van der Waals surface area contributed by atoms with Crippen LogP contribution in [0, 0.1) is 0 Å². The highest BCUT2D eigenvalue weighted by atomic mass is 32.2. The molecule has 4 N–H and O–H groups in total. The molecule has 0 saturated heterocycles. The van der Waals surface area contributed by atoms with Gasteiger partial charge in [0.25, 0.3) is 0 Å². The molecule has 0 bridgehead atoms. The number of aliphatic carboxylic acids is 1. The van der Waals surface area contributed by atoms with E-state index in [4.69, 9.17) is 10.8 Å². The van der Waals surface area contributed by atoms with Crippen LogP contribution in [-0.4, -0.2) is 34.3 Å². The average Bonchev–Trinajstić information content (AvgIpc) is 2.67. The molecular formula is C9H13N3O3S2. The van der Waals surface area contributed by atoms with Gasteiger partial charge in [-0.15, -0.1) is 11.8 Å². The molecule has 1 heterocycles. The molecule has 6 nitrogen and oxygen atoms in total. The van der Waals surface area contributed by atoms with Gasteiger partial charge in [0.2, 0.25) is 5.91 Å². The maximum atomic E-state index is 11.3. The van der Waals surface area contributed by atoms with E-state index in [-0.39, 0.29) is 18.1 Å². The minimum Gasteiger partial charge on any atom is -0.481 e. The molecule has 0 atom stereocenters. The zero-order valence-electron chi connectivity index (χ0n) is 9.01. The number of carboxylic acid groups (broad SMARTS) is 1. The van der Waals surface area contributed by atoms with E-state index in [1.165, 1.54) is 23.1 Å². The van der Waals surface area contributed by atoms with E-state index < -0.39 is 5.97 Å². The zero-order valence-corrected chi connectivity index (χ0v) is 10.6. The molecule has 8 heteroatoms. The van der Waals surface area contributed by atoms with Crippen molar-refractivity contribution < 1.29 is 14.7 Å². The Balaban J connectivity index is 2.11. The van der Waals surface area contributed by atoms with Crippen molar-refractivity contribution in [2.24, 2.45) is 0 Å². The molecule has 1 amide bonds. The summed E-state index contributed by atoms with van der Waals surface area (Å²) in [5, 5.41) is 11.5. The van der Waals surface area contributed by atoms with Crippen LogP contribution in [-0.2, 0) is 9.59 Å². The number of nitrogens with zero attached hydrogens (tertiary/aromatic N) is 1. The molecule has 0 fully saturated rings. The molecule has 1 aromatic rings. The van der Waals surface area contributed by atoms with Gasteiger partial charge in [0.05, 0.1) is 16.2 Å². The number of nitrogens with one attached hydrogen (secondary N) is 1. The Labute approximate surface area is 107 Å². The van der Waals surface area contributed by atoms with Gasteiger partial charge in [0, 0.05) is 13.0 Å². The Morgan fingerprint density at radius 2 is 2.35 bits per heavy atom. The maximum Gasteiger partial charge on any atom is 0.303 e. The van der Waals surface area contributed by atoms with Crippen LogP contribution in [0.5, 0.6) is 0 Å². The van der Waals surface area contributed by atoms with Crippen molar-refractivity contribution in [3.8, 4) is 0 Å². The molecule has 0 aliphatic carbocycles. The van der Waals surface area contributed by atoms with Crippen molar-refractivity contribution >= 4 is 40.1 Å². The first kappa shape index (κ1) is 13.8. The molecule has 0 aromatic carbocycles. The van der Waals surface area contributed by atoms with E-state index in [9.17, 15) is 9.59 Å². The highest BCUT2D eigenvalue weighted by molar-refractivity contribution is 8.01. The van der Waals surface area contributed by atoms with Crippen LogP contribution in [0.1, 0.15) is 12.8 Å². The van der Waals surface area contributed by atoms with Crippen molar-refractivity contribution in [2.75, 3.05) is 18.0 Å². The van der Waals surface area contributed by atoms with Gasteiger partial charge in [0.1, 0.15) is 0 Å². The van der Waals surface area contributed by atoms with Crippen molar-refractivity contribution in [3.63, 3.8) is 0 Å². The zero-order chi connectivity index (χ0) is 12.7. The highest BCUT2D eigenvalue weighted by Gasteiger charge is 2.05. The molecule has 17 heavy (non-hydrogen) atoms. The van der Waals surface area contributed by atoms with E-state index in [0.717, 1.165) is 4.21 Å². The van der Waals surface area contributed by atoms with Gasteiger partial charge in [-0.05, 0) is 6.42 Å². The van der Waals surface area contributed by atoms with Gasteiger partial charge < -0.3 is 16.2 Å². The third-order valence-electron chi connectivity index (χ3n) is 1.74. The molecule has 1 rings (SSSR count). The number of thioether (sulfide) groups is 1. The maximum absolute atomic E-state index is 11.3. The molecule has 0 spiro atoms. The second-order valence-corrected chi connectivity index (χ2v) is 5.49. The van der Waals surface area contributed by atoms with Crippen LogP contribution in [0.15, 0.2) is 10.4 Å². The smallest absolute Gasteiger partial charge is 0.303 e. The van der Waals surface area contributed by atoms with Crippen LogP contribution in [0.25, 0.3) is 0 Å². The van der Waals surface area contributed by atoms with Crippen LogP contribution in [0.3, 0.4) is 0 Å². The number of hydrogen-bond donors (Lipinski definition) is 3. The lowest BCUT2D eigenvalue weighted by Gasteiger charge is -2.02. The second kappa shape index (κ2) is 7.13. The molecule has 0 saturated carbocycles. The van der Waals surface area contributed by atoms with E-state index in [1.807, 2.05) is 0 Å². The van der Waals surface area contributed by atoms with Gasteiger partial charge in [-0.1, -0.05) is 11.3 Å². The highest BCUT2D eigenvalue weighted by Crippen LogP contribution is 2.25. The third kappa shape index (κ3) is 6.12. The van der Waals surface area contributed by atoms with Gasteiger partial charge in [-0.2, -0.15) is 0 Å². The van der Waals surface area contributed by atoms with E-state index >= 15 is 0 Å². The summed E-state index contributed by atoms with van der Waals surface area (Å²) in [5.74, 6) is -0.685. The fourth-order valence-corrected chi connectivity index (χ4v) is 2.58. The first-order valence-electron chi connectivity index (χ1n) is 4.90. The number of amides is 1. The summed E-state index contributed by atoms with van der Waals surface area (Å²) in [6.07, 6.45) is 2.14. The van der Waals surface area contributed by atoms with Gasteiger partial charge in [-0.3, -0.25) is 9.59 Å². The number of carboxylic acids is 1. The minimum absolute atomic E-state index is 0.0683. The van der Waals surface area contributed by atoms with E-state index in [0.29, 0.717) is 18.1 Å². The number of rotatable bonds is 7. The largest absolute Gasteiger partial charge is 0.481 e. The third-order valence-corrected chi connectivity index (χ3v) is 3.76. The standard InChI is InChI=1S/C9H13N3O3S2/c10-9-12-4-8(17-9)16-5-6(13)11-3-1-2-7(14)15/h4H,1-3,5H2,(H2,10,12)(H,11,13)(H,14,15). The fraction of sp³-hybridized carbons (Fsp3) is 0.444. The molecule has 1 aromatic heterocycles. The average molecular weight is 275 g/mol. The summed E-state index contributed by atoms with van der Waals surface area (Å²) in [7, 11) is 0. The summed E-state index contributed by atoms with van der Waals surface area (Å²) >= 11 is 2.70. The van der Waals surface area contributed by atoms with Crippen molar-refractivity contribution in [1.82, 2.24) is 10.3 Å². The number of hydrogen-bond acceptors (Lipinski definition) is 6. The SMILES string of the molecule is Nc1ncc(SCC(=O)NCCCC(=O)O)s1. The summed E-state index contributed by atoms with van der Waals surface area (Å²) in [6, 6.07) is 0. The number of aromatic nitrogens is 1. The topological polar surface area (TPSA) is 105 Å². The van der Waals surface area contributed by atoms with E-state index in [1.54, 1.807) is 6.20 Å². The summed E-state index contributed by atoms with van der Waals surface area (Å²) < 4.78 is 0.892. The van der Waals surface area contributed by atoms with Gasteiger partial charge in [-0.25, -0.2) is 4.98 Å². The van der Waals surface area contributed by atoms with Crippen LogP contribution >= 0.6 is 23.1 Å². The number of carbonyl (C=O) groups excluding carboxylic acids is 1. The lowest BCUT2D eigenvalue weighted by Crippen LogP contribution is -2.26. The first-order valence-corrected chi connectivity index (χ1v) is 6.70. The second-order valence-electron chi connectivity index (χ2n) is 3.15. The van der Waals surface area contributed by atoms with Crippen LogP contribution < -0.4 is 11.1 Å². The Morgan fingerprint density at radius 3 is 2.94 bits per heavy atom. The molecular weight excluding hydrogens is 262 g/mol. The lowest BCUT2D eigenvalue weighted by atomic mass is 10.3. The number of nitrogens with two attached hydrogens (primary N) is 1. The fourth-order valence-electron chi connectivity index (χ4n) is 0.994. The number of anilines is 1. The number of carbonyl (C=O) groups is 2. The quantitative estimate of drug-likeness (QED) is 0.502.